The van der Waals surface area contributed by atoms with Crippen molar-refractivity contribution >= 4 is 33.8 Å². The van der Waals surface area contributed by atoms with Gasteiger partial charge >= 0.3 is 0 Å². The van der Waals surface area contributed by atoms with Gasteiger partial charge in [0, 0.05) is 42.0 Å². The molecule has 1 aromatic carbocycles. The summed E-state index contributed by atoms with van der Waals surface area (Å²) in [6, 6.07) is 10.7. The fourth-order valence-corrected chi connectivity index (χ4v) is 3.30. The number of hydrogen-bond donors (Lipinski definition) is 2. The van der Waals surface area contributed by atoms with E-state index in [4.69, 9.17) is 4.42 Å². The molecule has 4 rings (SSSR count). The van der Waals surface area contributed by atoms with Crippen LogP contribution in [0, 0.1) is 0 Å². The van der Waals surface area contributed by atoms with Gasteiger partial charge in [-0.05, 0) is 24.3 Å². The second kappa shape index (κ2) is 7.46. The number of carbonyl (C=O) groups is 2. The van der Waals surface area contributed by atoms with E-state index in [2.05, 4.69) is 15.6 Å². The molecule has 3 aromatic heterocycles. The molecule has 0 unspecified atom stereocenters. The summed E-state index contributed by atoms with van der Waals surface area (Å²) in [6.07, 6.45) is 5.54. The van der Waals surface area contributed by atoms with Crippen molar-refractivity contribution in [3.05, 3.63) is 66.2 Å². The van der Waals surface area contributed by atoms with Gasteiger partial charge in [-0.25, -0.2) is 4.98 Å². The summed E-state index contributed by atoms with van der Waals surface area (Å²) in [5.74, 6) is -0.285. The fraction of sp³-hybridized carbons (Fsp3) is 0.105. The normalized spacial score (nSPS) is 10.8. The maximum absolute atomic E-state index is 12.0. The minimum absolute atomic E-state index is 0.172. The van der Waals surface area contributed by atoms with Crippen LogP contribution in [0.3, 0.4) is 0 Å². The molecule has 0 saturated heterocycles. The van der Waals surface area contributed by atoms with E-state index in [1.807, 2.05) is 46.4 Å². The lowest BCUT2D eigenvalue weighted by atomic mass is 10.1. The van der Waals surface area contributed by atoms with Gasteiger partial charge in [0.15, 0.2) is 10.7 Å². The highest BCUT2D eigenvalue weighted by molar-refractivity contribution is 7.15. The molecule has 0 aliphatic carbocycles. The molecule has 2 amide bonds. The molecule has 8 heteroatoms. The molecule has 0 saturated carbocycles. The van der Waals surface area contributed by atoms with Gasteiger partial charge in [0.2, 0.25) is 5.91 Å². The van der Waals surface area contributed by atoms with Gasteiger partial charge in [-0.2, -0.15) is 0 Å². The van der Waals surface area contributed by atoms with Crippen LogP contribution in [0.5, 0.6) is 0 Å². The van der Waals surface area contributed by atoms with Gasteiger partial charge in [0.25, 0.3) is 5.91 Å². The molecule has 0 spiro atoms. The minimum Gasteiger partial charge on any atom is -0.459 e. The first-order valence-corrected chi connectivity index (χ1v) is 9.21. The Kier molecular flexibility index (Phi) is 4.71. The van der Waals surface area contributed by atoms with Crippen LogP contribution in [-0.2, 0) is 4.79 Å². The molecule has 2 N–H and O–H groups in total. The molecular formula is C19H16N4O3S. The Bertz CT molecular complexity index is 1040. The summed E-state index contributed by atoms with van der Waals surface area (Å²) in [5, 5.41) is 7.44. The first-order chi connectivity index (χ1) is 13.2. The monoisotopic (exact) mass is 380 g/mol. The minimum atomic E-state index is -0.336. The highest BCUT2D eigenvalue weighted by Crippen LogP contribution is 2.23. The summed E-state index contributed by atoms with van der Waals surface area (Å²) in [5.41, 5.74) is 2.57. The van der Waals surface area contributed by atoms with Gasteiger partial charge in [-0.1, -0.05) is 12.1 Å². The topological polar surface area (TPSA) is 88.6 Å². The summed E-state index contributed by atoms with van der Waals surface area (Å²) >= 11 is 1.58. The number of anilines is 1. The van der Waals surface area contributed by atoms with Crippen molar-refractivity contribution in [1.29, 1.82) is 0 Å². The fourth-order valence-electron chi connectivity index (χ4n) is 2.60. The molecule has 27 heavy (non-hydrogen) atoms. The molecule has 0 radical (unpaired) electrons. The molecule has 7 nitrogen and oxygen atoms in total. The molecule has 0 aliphatic heterocycles. The maximum atomic E-state index is 12.0. The number of nitrogens with zero attached hydrogens (tertiary/aromatic N) is 2. The Morgan fingerprint density at radius 1 is 1.19 bits per heavy atom. The van der Waals surface area contributed by atoms with E-state index in [1.165, 1.54) is 6.26 Å². The van der Waals surface area contributed by atoms with E-state index in [9.17, 15) is 9.59 Å². The van der Waals surface area contributed by atoms with Crippen molar-refractivity contribution in [3.63, 3.8) is 0 Å². The Balaban J connectivity index is 1.29. The summed E-state index contributed by atoms with van der Waals surface area (Å²) in [4.78, 5) is 29.2. The molecule has 0 bridgehead atoms. The number of imidazole rings is 1. The van der Waals surface area contributed by atoms with Crippen LogP contribution in [0.4, 0.5) is 5.69 Å². The standard InChI is InChI=1S/C19H16N4O3S/c24-17(7-8-20-18(25)16-2-1-10-26-16)21-14-5-3-13(4-6-14)15-12-23-9-11-27-19(23)22-15/h1-6,9-12H,7-8H2,(H,20,25)(H,21,24). The predicted octanol–water partition coefficient (Wildman–Crippen LogP) is 3.41. The van der Waals surface area contributed by atoms with Gasteiger partial charge < -0.3 is 15.1 Å². The number of thiazole rings is 1. The molecule has 4 aromatic rings. The zero-order valence-electron chi connectivity index (χ0n) is 14.2. The molecular weight excluding hydrogens is 364 g/mol. The number of fused-ring (bicyclic) bond motifs is 1. The Labute approximate surface area is 158 Å². The Morgan fingerprint density at radius 3 is 2.78 bits per heavy atom. The van der Waals surface area contributed by atoms with Crippen LogP contribution in [0.2, 0.25) is 0 Å². The number of nitrogens with one attached hydrogen (secondary N) is 2. The Morgan fingerprint density at radius 2 is 2.04 bits per heavy atom. The predicted molar refractivity (Wildman–Crippen MR) is 103 cm³/mol. The SMILES string of the molecule is O=C(CCNC(=O)c1ccco1)Nc1ccc(-c2cn3ccsc3n2)cc1. The number of hydrogen-bond acceptors (Lipinski definition) is 5. The van der Waals surface area contributed by atoms with Gasteiger partial charge in [-0.15, -0.1) is 11.3 Å². The average Bonchev–Trinajstić information content (AvgIpc) is 3.39. The number of amides is 2. The van der Waals surface area contributed by atoms with E-state index in [1.54, 1.807) is 23.5 Å². The molecule has 136 valence electrons. The molecule has 3 heterocycles. The quantitative estimate of drug-likeness (QED) is 0.536. The molecule has 0 atom stereocenters. The van der Waals surface area contributed by atoms with E-state index in [0.717, 1.165) is 16.2 Å². The first kappa shape index (κ1) is 17.0. The van der Waals surface area contributed by atoms with Crippen molar-refractivity contribution in [1.82, 2.24) is 14.7 Å². The number of rotatable bonds is 6. The van der Waals surface area contributed by atoms with Crippen molar-refractivity contribution in [2.45, 2.75) is 6.42 Å². The van der Waals surface area contributed by atoms with Crippen molar-refractivity contribution in [2.75, 3.05) is 11.9 Å². The van der Waals surface area contributed by atoms with Crippen LogP contribution in [0.25, 0.3) is 16.2 Å². The van der Waals surface area contributed by atoms with E-state index >= 15 is 0 Å². The van der Waals surface area contributed by atoms with E-state index in [0.29, 0.717) is 5.69 Å². The third-order valence-corrected chi connectivity index (χ3v) is 4.71. The van der Waals surface area contributed by atoms with Crippen molar-refractivity contribution in [3.8, 4) is 11.3 Å². The Hall–Kier alpha value is -3.39. The number of carbonyl (C=O) groups excluding carboxylic acids is 2. The van der Waals surface area contributed by atoms with Crippen molar-refractivity contribution < 1.29 is 14.0 Å². The summed E-state index contributed by atoms with van der Waals surface area (Å²) in [7, 11) is 0. The number of aromatic nitrogens is 2. The first-order valence-electron chi connectivity index (χ1n) is 8.33. The van der Waals surface area contributed by atoms with Gasteiger partial charge in [-0.3, -0.25) is 14.0 Å². The maximum Gasteiger partial charge on any atom is 0.286 e. The lowest BCUT2D eigenvalue weighted by Crippen LogP contribution is -2.27. The second-order valence-corrected chi connectivity index (χ2v) is 6.70. The lowest BCUT2D eigenvalue weighted by Gasteiger charge is -2.06. The van der Waals surface area contributed by atoms with Crippen molar-refractivity contribution in [2.24, 2.45) is 0 Å². The van der Waals surface area contributed by atoms with Gasteiger partial charge in [0.1, 0.15) is 0 Å². The number of benzene rings is 1. The third-order valence-electron chi connectivity index (χ3n) is 3.94. The average molecular weight is 380 g/mol. The second-order valence-electron chi connectivity index (χ2n) is 5.83. The highest BCUT2D eigenvalue weighted by atomic mass is 32.1. The third kappa shape index (κ3) is 3.90. The summed E-state index contributed by atoms with van der Waals surface area (Å²) < 4.78 is 6.97. The van der Waals surface area contributed by atoms with Crippen LogP contribution in [-0.4, -0.2) is 27.7 Å². The zero-order valence-corrected chi connectivity index (χ0v) is 15.0. The van der Waals surface area contributed by atoms with E-state index < -0.39 is 0 Å². The van der Waals surface area contributed by atoms with Crippen LogP contribution in [0.1, 0.15) is 17.0 Å². The lowest BCUT2D eigenvalue weighted by molar-refractivity contribution is -0.116. The zero-order chi connectivity index (χ0) is 18.6. The van der Waals surface area contributed by atoms with E-state index in [-0.39, 0.29) is 30.5 Å². The molecule has 0 aliphatic rings. The van der Waals surface area contributed by atoms with Crippen LogP contribution < -0.4 is 10.6 Å². The smallest absolute Gasteiger partial charge is 0.286 e. The number of furan rings is 1. The highest BCUT2D eigenvalue weighted by Gasteiger charge is 2.09. The largest absolute Gasteiger partial charge is 0.459 e. The molecule has 0 fully saturated rings. The van der Waals surface area contributed by atoms with Crippen LogP contribution in [0.15, 0.2) is 64.9 Å². The summed E-state index contributed by atoms with van der Waals surface area (Å²) in [6.45, 7) is 0.231. The van der Waals surface area contributed by atoms with Crippen LogP contribution >= 0.6 is 11.3 Å². The van der Waals surface area contributed by atoms with Gasteiger partial charge in [0.05, 0.1) is 12.0 Å².